The number of sulfonamides is 2. The number of halogens is 1. The maximum Gasteiger partial charge on any atom is 0.264 e. The number of rotatable bonds is 11. The van der Waals surface area contributed by atoms with Gasteiger partial charge in [-0.05, 0) is 97.8 Å². The van der Waals surface area contributed by atoms with Crippen LogP contribution in [0.3, 0.4) is 0 Å². The average Bonchev–Trinajstić information content (AvgIpc) is 2.98. The summed E-state index contributed by atoms with van der Waals surface area (Å²) >= 11 is 0. The second-order valence-electron chi connectivity index (χ2n) is 9.48. The van der Waals surface area contributed by atoms with Crippen molar-refractivity contribution in [1.29, 1.82) is 0 Å². The molecule has 0 unspecified atom stereocenters. The number of benzene rings is 4. The van der Waals surface area contributed by atoms with Crippen LogP contribution in [0.2, 0.25) is 0 Å². The summed E-state index contributed by atoms with van der Waals surface area (Å²) in [6, 6.07) is 19.2. The Bertz CT molecular complexity index is 1850. The number of methoxy groups -OCH3 is 2. The molecule has 2 N–H and O–H groups in total. The molecule has 43 heavy (non-hydrogen) atoms. The average molecular weight is 628 g/mol. The standard InChI is InChI=1S/C30H30FN3O7S2/c1-20-5-8-24(17-21(20)2)33-42(36,37)26-13-9-23(10-14-26)32-30(35)19-34(25-11-6-22(31)7-12-25)43(38,39)27-15-16-28(40-3)29(18-27)41-4/h5-18,33H,19H2,1-4H3,(H,32,35). The third-order valence-corrected chi connectivity index (χ3v) is 9.72. The van der Waals surface area contributed by atoms with Gasteiger partial charge in [0.05, 0.1) is 29.7 Å². The van der Waals surface area contributed by atoms with Crippen LogP contribution in [0.5, 0.6) is 11.5 Å². The van der Waals surface area contributed by atoms with Crippen molar-refractivity contribution in [1.82, 2.24) is 0 Å². The molecular formula is C30H30FN3O7S2. The van der Waals surface area contributed by atoms with Crippen LogP contribution < -0.4 is 23.8 Å². The summed E-state index contributed by atoms with van der Waals surface area (Å²) in [5.41, 5.74) is 2.65. The molecule has 0 spiro atoms. The van der Waals surface area contributed by atoms with Gasteiger partial charge in [-0.15, -0.1) is 0 Å². The number of hydrogen-bond donors (Lipinski definition) is 2. The van der Waals surface area contributed by atoms with Crippen LogP contribution in [-0.2, 0) is 24.8 Å². The molecule has 0 bridgehead atoms. The van der Waals surface area contributed by atoms with Crippen molar-refractivity contribution in [3.63, 3.8) is 0 Å². The Morgan fingerprint density at radius 3 is 1.95 bits per heavy atom. The van der Waals surface area contributed by atoms with Crippen molar-refractivity contribution in [3.8, 4) is 11.5 Å². The van der Waals surface area contributed by atoms with E-state index in [1.54, 1.807) is 12.1 Å². The monoisotopic (exact) mass is 627 g/mol. The summed E-state index contributed by atoms with van der Waals surface area (Å²) in [5, 5.41) is 2.58. The van der Waals surface area contributed by atoms with E-state index in [-0.39, 0.29) is 26.9 Å². The fraction of sp³-hybridized carbons (Fsp3) is 0.167. The number of carbonyl (C=O) groups excluding carboxylic acids is 1. The molecule has 0 aromatic heterocycles. The lowest BCUT2D eigenvalue weighted by atomic mass is 10.1. The molecule has 10 nitrogen and oxygen atoms in total. The van der Waals surface area contributed by atoms with Crippen LogP contribution in [0.4, 0.5) is 21.5 Å². The first kappa shape index (κ1) is 31.3. The Balaban J connectivity index is 1.55. The summed E-state index contributed by atoms with van der Waals surface area (Å²) in [5.74, 6) is -0.841. The van der Waals surface area contributed by atoms with Gasteiger partial charge in [0.15, 0.2) is 11.5 Å². The van der Waals surface area contributed by atoms with E-state index in [2.05, 4.69) is 10.0 Å². The molecule has 0 aliphatic heterocycles. The van der Waals surface area contributed by atoms with Gasteiger partial charge in [-0.2, -0.15) is 0 Å². The lowest BCUT2D eigenvalue weighted by molar-refractivity contribution is -0.114. The molecule has 226 valence electrons. The molecule has 13 heteroatoms. The van der Waals surface area contributed by atoms with Crippen LogP contribution in [0, 0.1) is 19.7 Å². The fourth-order valence-electron chi connectivity index (χ4n) is 4.09. The smallest absolute Gasteiger partial charge is 0.264 e. The van der Waals surface area contributed by atoms with Gasteiger partial charge >= 0.3 is 0 Å². The Morgan fingerprint density at radius 2 is 1.35 bits per heavy atom. The van der Waals surface area contributed by atoms with E-state index in [9.17, 15) is 26.0 Å². The van der Waals surface area contributed by atoms with Gasteiger partial charge in [0.2, 0.25) is 5.91 Å². The highest BCUT2D eigenvalue weighted by Gasteiger charge is 2.28. The van der Waals surface area contributed by atoms with Crippen molar-refractivity contribution in [3.05, 3.63) is 102 Å². The van der Waals surface area contributed by atoms with Crippen LogP contribution in [0.25, 0.3) is 0 Å². The van der Waals surface area contributed by atoms with Gasteiger partial charge in [0, 0.05) is 17.4 Å². The SMILES string of the molecule is COc1ccc(S(=O)(=O)N(CC(=O)Nc2ccc(S(=O)(=O)Nc3ccc(C)c(C)c3)cc2)c2ccc(F)cc2)cc1OC. The van der Waals surface area contributed by atoms with E-state index in [0.29, 0.717) is 11.4 Å². The predicted molar refractivity (Wildman–Crippen MR) is 162 cm³/mol. The predicted octanol–water partition coefficient (Wildman–Crippen LogP) is 5.09. The minimum absolute atomic E-state index is 0.0345. The summed E-state index contributed by atoms with van der Waals surface area (Å²) in [4.78, 5) is 12.9. The van der Waals surface area contributed by atoms with Gasteiger partial charge in [-0.3, -0.25) is 13.8 Å². The number of hydrogen-bond acceptors (Lipinski definition) is 7. The lowest BCUT2D eigenvalue weighted by Crippen LogP contribution is -2.38. The Labute approximate surface area is 250 Å². The molecule has 0 aliphatic rings. The Kier molecular flexibility index (Phi) is 9.26. The van der Waals surface area contributed by atoms with E-state index in [1.807, 2.05) is 19.9 Å². The summed E-state index contributed by atoms with van der Waals surface area (Å²) in [6.07, 6.45) is 0. The molecule has 0 atom stereocenters. The Morgan fingerprint density at radius 1 is 0.744 bits per heavy atom. The fourth-order valence-corrected chi connectivity index (χ4v) is 6.58. The highest BCUT2D eigenvalue weighted by Crippen LogP contribution is 2.32. The molecule has 0 saturated carbocycles. The third-order valence-electron chi connectivity index (χ3n) is 6.55. The van der Waals surface area contributed by atoms with E-state index < -0.39 is 38.3 Å². The van der Waals surface area contributed by atoms with E-state index >= 15 is 0 Å². The molecule has 4 rings (SSSR count). The number of amides is 1. The maximum atomic E-state index is 13.7. The lowest BCUT2D eigenvalue weighted by Gasteiger charge is -2.24. The molecule has 0 fully saturated rings. The molecule has 0 saturated heterocycles. The van der Waals surface area contributed by atoms with Crippen molar-refractivity contribution in [2.45, 2.75) is 23.6 Å². The second kappa shape index (κ2) is 12.7. The van der Waals surface area contributed by atoms with Crippen molar-refractivity contribution in [2.75, 3.05) is 35.1 Å². The highest BCUT2D eigenvalue weighted by atomic mass is 32.2. The second-order valence-corrected chi connectivity index (χ2v) is 13.0. The van der Waals surface area contributed by atoms with Crippen molar-refractivity contribution >= 4 is 43.0 Å². The van der Waals surface area contributed by atoms with Gasteiger partial charge in [0.1, 0.15) is 12.4 Å². The van der Waals surface area contributed by atoms with Gasteiger partial charge in [0.25, 0.3) is 20.0 Å². The first-order valence-electron chi connectivity index (χ1n) is 12.8. The first-order valence-corrected chi connectivity index (χ1v) is 15.8. The van der Waals surface area contributed by atoms with E-state index in [4.69, 9.17) is 9.47 Å². The summed E-state index contributed by atoms with van der Waals surface area (Å²) in [6.45, 7) is 3.13. The van der Waals surface area contributed by atoms with Gasteiger partial charge in [-0.25, -0.2) is 21.2 Å². The zero-order valence-electron chi connectivity index (χ0n) is 23.8. The van der Waals surface area contributed by atoms with Crippen LogP contribution in [-0.4, -0.2) is 43.5 Å². The minimum atomic E-state index is -4.35. The molecular weight excluding hydrogens is 597 g/mol. The van der Waals surface area contributed by atoms with Crippen molar-refractivity contribution < 1.29 is 35.5 Å². The molecule has 1 amide bonds. The van der Waals surface area contributed by atoms with Gasteiger partial charge < -0.3 is 14.8 Å². The molecule has 0 heterocycles. The minimum Gasteiger partial charge on any atom is -0.493 e. The zero-order valence-corrected chi connectivity index (χ0v) is 25.4. The van der Waals surface area contributed by atoms with Gasteiger partial charge in [-0.1, -0.05) is 6.07 Å². The maximum absolute atomic E-state index is 13.7. The summed E-state index contributed by atoms with van der Waals surface area (Å²) in [7, 11) is -5.49. The van der Waals surface area contributed by atoms with E-state index in [0.717, 1.165) is 27.6 Å². The number of anilines is 3. The van der Waals surface area contributed by atoms with Crippen LogP contribution in [0.1, 0.15) is 11.1 Å². The quantitative estimate of drug-likeness (QED) is 0.237. The molecule has 0 aliphatic carbocycles. The first-order chi connectivity index (χ1) is 20.3. The summed E-state index contributed by atoms with van der Waals surface area (Å²) < 4.78 is 80.6. The molecule has 0 radical (unpaired) electrons. The largest absolute Gasteiger partial charge is 0.493 e. The Hall–Kier alpha value is -4.62. The number of nitrogens with zero attached hydrogens (tertiary/aromatic N) is 1. The highest BCUT2D eigenvalue weighted by molar-refractivity contribution is 7.93. The number of aryl methyl sites for hydroxylation is 2. The number of nitrogens with one attached hydrogen (secondary N) is 2. The van der Waals surface area contributed by atoms with E-state index in [1.165, 1.54) is 68.8 Å². The van der Waals surface area contributed by atoms with Crippen LogP contribution >= 0.6 is 0 Å². The topological polar surface area (TPSA) is 131 Å². The number of ether oxygens (including phenoxy) is 2. The van der Waals surface area contributed by atoms with Crippen LogP contribution in [0.15, 0.2) is 94.7 Å². The normalized spacial score (nSPS) is 11.5. The third kappa shape index (κ3) is 7.24. The number of carbonyl (C=O) groups is 1. The molecule has 4 aromatic rings. The van der Waals surface area contributed by atoms with Crippen molar-refractivity contribution in [2.24, 2.45) is 0 Å². The zero-order chi connectivity index (χ0) is 31.4. The molecule has 4 aromatic carbocycles.